The van der Waals surface area contributed by atoms with Gasteiger partial charge in [0.15, 0.2) is 0 Å². The van der Waals surface area contributed by atoms with Crippen LogP contribution in [0.25, 0.3) is 0 Å². The van der Waals surface area contributed by atoms with Gasteiger partial charge in [-0.15, -0.1) is 0 Å². The fraction of sp³-hybridized carbons (Fsp3) is 0.571. The Morgan fingerprint density at radius 1 is 1.41 bits per heavy atom. The summed E-state index contributed by atoms with van der Waals surface area (Å²) in [5, 5.41) is 9.96. The van der Waals surface area contributed by atoms with Gasteiger partial charge in [0.05, 0.1) is 12.2 Å². The molecule has 17 heavy (non-hydrogen) atoms. The van der Waals surface area contributed by atoms with Gasteiger partial charge in [0, 0.05) is 12.1 Å². The molecule has 0 bridgehead atoms. The van der Waals surface area contributed by atoms with E-state index in [-0.39, 0.29) is 6.54 Å². The van der Waals surface area contributed by atoms with Crippen molar-refractivity contribution in [3.05, 3.63) is 29.3 Å². The number of rotatable bonds is 4. The topological polar surface area (TPSA) is 55.5 Å². The molecule has 3 heteroatoms. The first-order valence-corrected chi connectivity index (χ1v) is 6.36. The number of hydrogen-bond acceptors (Lipinski definition) is 3. The van der Waals surface area contributed by atoms with Crippen molar-refractivity contribution in [2.45, 2.75) is 44.8 Å². The van der Waals surface area contributed by atoms with E-state index in [9.17, 15) is 5.11 Å². The van der Waals surface area contributed by atoms with Crippen molar-refractivity contribution in [2.24, 2.45) is 5.73 Å². The molecule has 3 N–H and O–H groups in total. The summed E-state index contributed by atoms with van der Waals surface area (Å²) in [6.07, 6.45) is 4.39. The third kappa shape index (κ3) is 2.79. The summed E-state index contributed by atoms with van der Waals surface area (Å²) >= 11 is 0. The van der Waals surface area contributed by atoms with E-state index in [4.69, 9.17) is 10.5 Å². The number of ether oxygens (including phenoxy) is 1. The summed E-state index contributed by atoms with van der Waals surface area (Å²) in [5.74, 6) is 0.801. The summed E-state index contributed by atoms with van der Waals surface area (Å²) in [6.45, 7) is 2.21. The normalized spacial score (nSPS) is 18.3. The van der Waals surface area contributed by atoms with E-state index in [1.54, 1.807) is 0 Å². The van der Waals surface area contributed by atoms with E-state index in [0.29, 0.717) is 6.10 Å². The van der Waals surface area contributed by atoms with Gasteiger partial charge in [-0.05, 0) is 44.2 Å². The number of aliphatic hydroxyl groups is 1. The lowest BCUT2D eigenvalue weighted by Gasteiger charge is -2.20. The van der Waals surface area contributed by atoms with Crippen LogP contribution in [0.3, 0.4) is 0 Å². The Morgan fingerprint density at radius 2 is 2.12 bits per heavy atom. The maximum Gasteiger partial charge on any atom is 0.125 e. The smallest absolute Gasteiger partial charge is 0.125 e. The van der Waals surface area contributed by atoms with E-state index in [1.807, 2.05) is 25.1 Å². The zero-order chi connectivity index (χ0) is 12.3. The molecule has 1 unspecified atom stereocenters. The molecule has 1 atom stereocenters. The van der Waals surface area contributed by atoms with Gasteiger partial charge in [-0.25, -0.2) is 0 Å². The highest BCUT2D eigenvalue weighted by Crippen LogP contribution is 2.31. The second-order valence-corrected chi connectivity index (χ2v) is 4.76. The largest absolute Gasteiger partial charge is 0.490 e. The van der Waals surface area contributed by atoms with Crippen LogP contribution in [0, 0.1) is 6.92 Å². The fourth-order valence-electron chi connectivity index (χ4n) is 2.49. The molecule has 0 heterocycles. The van der Waals surface area contributed by atoms with Crippen molar-refractivity contribution >= 4 is 0 Å². The average Bonchev–Trinajstić information content (AvgIpc) is 2.81. The summed E-state index contributed by atoms with van der Waals surface area (Å²) in [4.78, 5) is 0. The molecule has 0 aliphatic heterocycles. The van der Waals surface area contributed by atoms with Crippen molar-refractivity contribution < 1.29 is 9.84 Å². The molecule has 0 radical (unpaired) electrons. The second-order valence-electron chi connectivity index (χ2n) is 4.76. The van der Waals surface area contributed by atoms with Gasteiger partial charge in [0.1, 0.15) is 5.75 Å². The van der Waals surface area contributed by atoms with Gasteiger partial charge in [-0.1, -0.05) is 12.1 Å². The van der Waals surface area contributed by atoms with Gasteiger partial charge in [-0.2, -0.15) is 0 Å². The summed E-state index contributed by atoms with van der Waals surface area (Å²) in [6, 6.07) is 5.88. The van der Waals surface area contributed by atoms with Crippen molar-refractivity contribution in [3.63, 3.8) is 0 Å². The standard InChI is InChI=1S/C14H21NO2/c1-10-5-4-8-13(14(10)12(16)9-15)17-11-6-2-3-7-11/h4-5,8,11-12,16H,2-3,6-7,9,15H2,1H3. The lowest BCUT2D eigenvalue weighted by Crippen LogP contribution is -2.17. The van der Waals surface area contributed by atoms with Crippen LogP contribution >= 0.6 is 0 Å². The Bertz CT molecular complexity index is 372. The first-order chi connectivity index (χ1) is 8.22. The molecule has 1 aliphatic carbocycles. The lowest BCUT2D eigenvalue weighted by atomic mass is 10.0. The Hall–Kier alpha value is -1.06. The minimum atomic E-state index is -0.632. The summed E-state index contributed by atoms with van der Waals surface area (Å²) in [5.41, 5.74) is 7.43. The maximum absolute atomic E-state index is 9.96. The molecular formula is C14H21NO2. The highest BCUT2D eigenvalue weighted by Gasteiger charge is 2.20. The zero-order valence-corrected chi connectivity index (χ0v) is 10.4. The molecule has 0 saturated heterocycles. The van der Waals surface area contributed by atoms with Gasteiger partial charge in [-0.3, -0.25) is 0 Å². The van der Waals surface area contributed by atoms with Crippen LogP contribution in [-0.2, 0) is 0 Å². The Morgan fingerprint density at radius 3 is 2.76 bits per heavy atom. The van der Waals surface area contributed by atoms with Gasteiger partial charge >= 0.3 is 0 Å². The molecule has 0 spiro atoms. The molecular weight excluding hydrogens is 214 g/mol. The van der Waals surface area contributed by atoms with Crippen molar-refractivity contribution in [2.75, 3.05) is 6.54 Å². The SMILES string of the molecule is Cc1cccc(OC2CCCC2)c1C(O)CN. The monoisotopic (exact) mass is 235 g/mol. The van der Waals surface area contributed by atoms with E-state index in [0.717, 1.165) is 29.7 Å². The van der Waals surface area contributed by atoms with Crippen molar-refractivity contribution in [1.82, 2.24) is 0 Å². The Balaban J connectivity index is 2.22. The molecule has 1 saturated carbocycles. The van der Waals surface area contributed by atoms with Gasteiger partial charge < -0.3 is 15.6 Å². The van der Waals surface area contributed by atoms with Crippen molar-refractivity contribution in [3.8, 4) is 5.75 Å². The minimum absolute atomic E-state index is 0.228. The highest BCUT2D eigenvalue weighted by molar-refractivity contribution is 5.41. The van der Waals surface area contributed by atoms with Crippen molar-refractivity contribution in [1.29, 1.82) is 0 Å². The predicted octanol–water partition coefficient (Wildman–Crippen LogP) is 2.31. The molecule has 1 fully saturated rings. The van der Waals surface area contributed by atoms with Crippen LogP contribution in [0.2, 0.25) is 0 Å². The van der Waals surface area contributed by atoms with E-state index in [1.165, 1.54) is 12.8 Å². The maximum atomic E-state index is 9.96. The number of aryl methyl sites for hydroxylation is 1. The highest BCUT2D eigenvalue weighted by atomic mass is 16.5. The van der Waals surface area contributed by atoms with Crippen LogP contribution in [0.5, 0.6) is 5.75 Å². The van der Waals surface area contributed by atoms with Crippen LogP contribution in [-0.4, -0.2) is 17.8 Å². The minimum Gasteiger partial charge on any atom is -0.490 e. The number of aliphatic hydroxyl groups excluding tert-OH is 1. The molecule has 3 nitrogen and oxygen atoms in total. The van der Waals surface area contributed by atoms with E-state index in [2.05, 4.69) is 0 Å². The first-order valence-electron chi connectivity index (χ1n) is 6.36. The lowest BCUT2D eigenvalue weighted by molar-refractivity contribution is 0.165. The molecule has 1 aliphatic rings. The predicted molar refractivity (Wildman–Crippen MR) is 68.1 cm³/mol. The van der Waals surface area contributed by atoms with Gasteiger partial charge in [0.2, 0.25) is 0 Å². The molecule has 94 valence electrons. The van der Waals surface area contributed by atoms with Crippen LogP contribution < -0.4 is 10.5 Å². The zero-order valence-electron chi connectivity index (χ0n) is 10.4. The Kier molecular flexibility index (Phi) is 4.02. The third-order valence-electron chi connectivity index (χ3n) is 3.44. The average molecular weight is 235 g/mol. The quantitative estimate of drug-likeness (QED) is 0.842. The summed E-state index contributed by atoms with van der Waals surface area (Å²) in [7, 11) is 0. The van der Waals surface area contributed by atoms with E-state index < -0.39 is 6.10 Å². The van der Waals surface area contributed by atoms with Crippen LogP contribution in [0.1, 0.15) is 42.9 Å². The number of benzene rings is 1. The molecule has 2 rings (SSSR count). The number of nitrogens with two attached hydrogens (primary N) is 1. The van der Waals surface area contributed by atoms with Crippen LogP contribution in [0.4, 0.5) is 0 Å². The second kappa shape index (κ2) is 5.52. The number of hydrogen-bond donors (Lipinski definition) is 2. The molecule has 1 aromatic rings. The molecule has 1 aromatic carbocycles. The summed E-state index contributed by atoms with van der Waals surface area (Å²) < 4.78 is 5.99. The fourth-order valence-corrected chi connectivity index (χ4v) is 2.49. The molecule has 0 amide bonds. The third-order valence-corrected chi connectivity index (χ3v) is 3.44. The van der Waals surface area contributed by atoms with E-state index >= 15 is 0 Å². The molecule has 0 aromatic heterocycles. The van der Waals surface area contributed by atoms with Gasteiger partial charge in [0.25, 0.3) is 0 Å². The first kappa shape index (κ1) is 12.4. The Labute approximate surface area is 103 Å². The van der Waals surface area contributed by atoms with Crippen LogP contribution in [0.15, 0.2) is 18.2 Å².